The monoisotopic (exact) mass is 187 g/mol. The normalized spacial score (nSPS) is 35.1. The molecule has 0 radical (unpaired) electrons. The van der Waals surface area contributed by atoms with Crippen LogP contribution < -0.4 is 5.32 Å². The Balaban J connectivity index is 1.91. The number of piperidine rings is 1. The van der Waals surface area contributed by atoms with Gasteiger partial charge in [0.15, 0.2) is 0 Å². The maximum absolute atomic E-state index is 3.73. The lowest BCUT2D eigenvalue weighted by Crippen LogP contribution is -2.63. The van der Waals surface area contributed by atoms with E-state index in [9.17, 15) is 0 Å². The molecule has 2 unspecified atom stereocenters. The average Bonchev–Trinajstić information content (AvgIpc) is 2.18. The lowest BCUT2D eigenvalue weighted by Gasteiger charge is -2.54. The minimum atomic E-state index is 0.358. The van der Waals surface area contributed by atoms with Crippen LogP contribution >= 0.6 is 0 Å². The Labute approximate surface area is 85.5 Å². The molecule has 1 aliphatic carbocycles. The molecule has 3 fully saturated rings. The minimum absolute atomic E-state index is 0.358. The van der Waals surface area contributed by atoms with Crippen LogP contribution in [-0.4, -0.2) is 6.04 Å². The van der Waals surface area contributed by atoms with Crippen molar-refractivity contribution < 1.29 is 0 Å². The quantitative estimate of drug-likeness (QED) is 0.713. The van der Waals surface area contributed by atoms with Gasteiger partial charge >= 0.3 is 0 Å². The summed E-state index contributed by atoms with van der Waals surface area (Å²) >= 11 is 0. The number of aryl methyl sites for hydroxylation is 1. The molecular weight excluding hydrogens is 170 g/mol. The number of rotatable bonds is 1. The van der Waals surface area contributed by atoms with Crippen LogP contribution in [0, 0.1) is 6.92 Å². The molecule has 1 N–H and O–H groups in total. The van der Waals surface area contributed by atoms with Gasteiger partial charge in [-0.2, -0.15) is 0 Å². The van der Waals surface area contributed by atoms with Gasteiger partial charge in [0.2, 0.25) is 0 Å². The highest BCUT2D eigenvalue weighted by Gasteiger charge is 2.47. The van der Waals surface area contributed by atoms with Gasteiger partial charge in [0, 0.05) is 11.6 Å². The van der Waals surface area contributed by atoms with Crippen molar-refractivity contribution in [1.29, 1.82) is 0 Å². The third-order valence-electron chi connectivity index (χ3n) is 3.84. The average molecular weight is 187 g/mol. The second kappa shape index (κ2) is 2.83. The zero-order chi connectivity index (χ0) is 9.60. The Hall–Kier alpha value is -0.820. The molecule has 0 aromatic heterocycles. The van der Waals surface area contributed by atoms with E-state index in [-0.39, 0.29) is 0 Å². The van der Waals surface area contributed by atoms with E-state index >= 15 is 0 Å². The molecule has 1 nitrogen and oxygen atoms in total. The van der Waals surface area contributed by atoms with E-state index in [0.29, 0.717) is 5.54 Å². The molecular formula is C13H17N. The van der Waals surface area contributed by atoms with Gasteiger partial charge in [-0.15, -0.1) is 0 Å². The summed E-state index contributed by atoms with van der Waals surface area (Å²) in [4.78, 5) is 0. The number of benzene rings is 1. The van der Waals surface area contributed by atoms with Crippen molar-refractivity contribution in [2.75, 3.05) is 0 Å². The van der Waals surface area contributed by atoms with Crippen molar-refractivity contribution in [2.24, 2.45) is 0 Å². The number of hydrogen-bond donors (Lipinski definition) is 1. The Morgan fingerprint density at radius 1 is 1.29 bits per heavy atom. The predicted molar refractivity (Wildman–Crippen MR) is 58.2 cm³/mol. The van der Waals surface area contributed by atoms with Crippen LogP contribution in [0.15, 0.2) is 24.3 Å². The van der Waals surface area contributed by atoms with E-state index in [0.717, 1.165) is 6.04 Å². The molecule has 1 aromatic rings. The molecule has 1 aromatic carbocycles. The van der Waals surface area contributed by atoms with E-state index < -0.39 is 0 Å². The zero-order valence-corrected chi connectivity index (χ0v) is 8.72. The highest BCUT2D eigenvalue weighted by molar-refractivity contribution is 5.32. The summed E-state index contributed by atoms with van der Waals surface area (Å²) in [5.74, 6) is 0. The fourth-order valence-electron chi connectivity index (χ4n) is 3.01. The number of nitrogens with one attached hydrogen (secondary N) is 1. The first-order chi connectivity index (χ1) is 6.78. The van der Waals surface area contributed by atoms with Crippen molar-refractivity contribution in [3.8, 4) is 0 Å². The number of hydrogen-bond acceptors (Lipinski definition) is 1. The molecule has 0 spiro atoms. The summed E-state index contributed by atoms with van der Waals surface area (Å²) in [6.07, 6.45) is 5.46. The van der Waals surface area contributed by atoms with Crippen LogP contribution in [0.3, 0.4) is 0 Å². The topological polar surface area (TPSA) is 12.0 Å². The van der Waals surface area contributed by atoms with Crippen molar-refractivity contribution in [3.05, 3.63) is 35.4 Å². The molecule has 0 amide bonds. The molecule has 2 aliphatic heterocycles. The molecule has 2 heterocycles. The molecule has 14 heavy (non-hydrogen) atoms. The summed E-state index contributed by atoms with van der Waals surface area (Å²) in [6.45, 7) is 2.15. The summed E-state index contributed by atoms with van der Waals surface area (Å²) < 4.78 is 0. The highest BCUT2D eigenvalue weighted by Crippen LogP contribution is 2.45. The van der Waals surface area contributed by atoms with Crippen LogP contribution in [-0.2, 0) is 5.54 Å². The standard InChI is InChI=1S/C13H17N/c1-10-4-6-11(7-5-10)13-8-2-3-12(9-13)14-13/h4-7,12,14H,2-3,8-9H2,1H3. The third-order valence-corrected chi connectivity index (χ3v) is 3.84. The summed E-state index contributed by atoms with van der Waals surface area (Å²) in [5.41, 5.74) is 3.22. The van der Waals surface area contributed by atoms with E-state index in [2.05, 4.69) is 36.5 Å². The molecule has 2 atom stereocenters. The van der Waals surface area contributed by atoms with Crippen LogP contribution in [0.1, 0.15) is 36.8 Å². The molecule has 74 valence electrons. The zero-order valence-electron chi connectivity index (χ0n) is 8.72. The predicted octanol–water partition coefficient (Wildman–Crippen LogP) is 2.74. The fourth-order valence-corrected chi connectivity index (χ4v) is 3.01. The van der Waals surface area contributed by atoms with Crippen molar-refractivity contribution in [1.82, 2.24) is 5.32 Å². The maximum Gasteiger partial charge on any atom is 0.0451 e. The van der Waals surface area contributed by atoms with Gasteiger partial charge in [-0.3, -0.25) is 0 Å². The van der Waals surface area contributed by atoms with E-state index in [1.807, 2.05) is 0 Å². The first-order valence-corrected chi connectivity index (χ1v) is 5.63. The van der Waals surface area contributed by atoms with E-state index in [1.54, 1.807) is 0 Å². The largest absolute Gasteiger partial charge is 0.304 e. The van der Waals surface area contributed by atoms with Gasteiger partial charge in [-0.25, -0.2) is 0 Å². The lowest BCUT2D eigenvalue weighted by molar-refractivity contribution is 0.0688. The fraction of sp³-hybridized carbons (Fsp3) is 0.538. The van der Waals surface area contributed by atoms with Crippen LogP contribution in [0.5, 0.6) is 0 Å². The van der Waals surface area contributed by atoms with Gasteiger partial charge in [0.05, 0.1) is 0 Å². The van der Waals surface area contributed by atoms with Gasteiger partial charge in [-0.1, -0.05) is 29.8 Å². The molecule has 3 aliphatic rings. The maximum atomic E-state index is 3.73. The van der Waals surface area contributed by atoms with E-state index in [4.69, 9.17) is 0 Å². The second-order valence-electron chi connectivity index (χ2n) is 4.89. The first kappa shape index (κ1) is 8.49. The van der Waals surface area contributed by atoms with Crippen molar-refractivity contribution in [3.63, 3.8) is 0 Å². The molecule has 1 saturated carbocycles. The van der Waals surface area contributed by atoms with Crippen molar-refractivity contribution >= 4 is 0 Å². The summed E-state index contributed by atoms with van der Waals surface area (Å²) in [6, 6.07) is 9.86. The number of fused-ring (bicyclic) bond motifs is 2. The molecule has 4 rings (SSSR count). The van der Waals surface area contributed by atoms with Crippen LogP contribution in [0.4, 0.5) is 0 Å². The highest BCUT2D eigenvalue weighted by atomic mass is 15.1. The van der Waals surface area contributed by atoms with Gasteiger partial charge < -0.3 is 5.32 Å². The summed E-state index contributed by atoms with van der Waals surface area (Å²) in [5, 5.41) is 3.73. The third kappa shape index (κ3) is 1.12. The Bertz CT molecular complexity index is 327. The van der Waals surface area contributed by atoms with Gasteiger partial charge in [-0.05, 0) is 38.2 Å². The van der Waals surface area contributed by atoms with Crippen LogP contribution in [0.2, 0.25) is 0 Å². The van der Waals surface area contributed by atoms with Gasteiger partial charge in [0.25, 0.3) is 0 Å². The molecule has 2 saturated heterocycles. The van der Waals surface area contributed by atoms with Crippen molar-refractivity contribution in [2.45, 2.75) is 44.2 Å². The lowest BCUT2D eigenvalue weighted by atomic mass is 9.67. The minimum Gasteiger partial charge on any atom is -0.304 e. The molecule has 1 heteroatoms. The second-order valence-corrected chi connectivity index (χ2v) is 4.89. The van der Waals surface area contributed by atoms with Gasteiger partial charge in [0.1, 0.15) is 0 Å². The Morgan fingerprint density at radius 2 is 2.00 bits per heavy atom. The SMILES string of the molecule is Cc1ccc(C23CCCC(C2)N3)cc1. The Kier molecular flexibility index (Phi) is 1.72. The Morgan fingerprint density at radius 3 is 2.57 bits per heavy atom. The van der Waals surface area contributed by atoms with Crippen LogP contribution in [0.25, 0.3) is 0 Å². The van der Waals surface area contributed by atoms with E-state index in [1.165, 1.54) is 36.8 Å². The summed E-state index contributed by atoms with van der Waals surface area (Å²) in [7, 11) is 0. The first-order valence-electron chi connectivity index (χ1n) is 5.63. The molecule has 2 bridgehead atoms. The smallest absolute Gasteiger partial charge is 0.0451 e.